The first-order valence-corrected chi connectivity index (χ1v) is 32.0. The average Bonchev–Trinajstić information content (AvgIpc) is 3.19. The Hall–Kier alpha value is -5.98. The van der Waals surface area contributed by atoms with Crippen molar-refractivity contribution in [3.63, 3.8) is 0 Å². The predicted molar refractivity (Wildman–Crippen MR) is 315 cm³/mol. The first-order chi connectivity index (χ1) is 39.1. The second-order valence-electron chi connectivity index (χ2n) is 23.3. The Bertz CT molecular complexity index is 2600. The number of likely N-dealkylation sites (N-methyl/N-ethyl adjacent to an activating group) is 4. The number of ether oxygens (including phenoxy) is 4. The topological polar surface area (TPSA) is 261 Å². The van der Waals surface area contributed by atoms with E-state index in [4.69, 9.17) is 18.9 Å². The van der Waals surface area contributed by atoms with E-state index >= 15 is 0 Å². The fraction of sp³-hybridized carbons (Fsp3) is 0.667. The number of benzene rings is 2. The Morgan fingerprint density at radius 1 is 0.393 bits per heavy atom. The zero-order valence-electron chi connectivity index (χ0n) is 52.6. The summed E-state index contributed by atoms with van der Waals surface area (Å²) in [5.74, 6) is -8.53. The third-order valence-electron chi connectivity index (χ3n) is 14.9. The summed E-state index contributed by atoms with van der Waals surface area (Å²) in [4.78, 5) is 122. The van der Waals surface area contributed by atoms with Gasteiger partial charge in [0, 0.05) is 67.2 Å². The number of sulfonamides is 2. The molecule has 84 heavy (non-hydrogen) atoms. The van der Waals surface area contributed by atoms with Crippen molar-refractivity contribution in [2.45, 2.75) is 194 Å². The highest BCUT2D eigenvalue weighted by Gasteiger charge is 2.43. The molecule has 0 aliphatic carbocycles. The van der Waals surface area contributed by atoms with Crippen LogP contribution in [0.15, 0.2) is 58.3 Å². The van der Waals surface area contributed by atoms with Gasteiger partial charge in [-0.25, -0.2) is 36.0 Å². The molecular formula is C60H94N6O16S2. The standard InChI is InChI=1S/C60H94N6O16S2/c1-19-65(20-2)83(75,76)45-27-23-43(24-28-45)35-51-55(69)63(17)47(31-37(5)6)57(71)79-42(14)54(68)62(16)50(34-40(11)12)60(74)82-52(36-44-25-29-46(30-26-44)84(77,78)66(21-3)22-4)56(70)64(18)48(32-38(7)8)58(72)80-41(13)53(67)61(15)49(33-39(9)10)59(73)81-51/h23-30,37-42,47-52H,19-22,31-36H2,1-18H3/t41-,42-,47+,48+,49+,50+,51-,52-/m1/s1. The van der Waals surface area contributed by atoms with Crippen molar-refractivity contribution < 1.29 is 74.1 Å². The molecule has 1 aliphatic heterocycles. The molecule has 0 spiro atoms. The number of esters is 4. The first-order valence-electron chi connectivity index (χ1n) is 29.2. The molecule has 0 bridgehead atoms. The minimum atomic E-state index is -3.89. The lowest BCUT2D eigenvalue weighted by Gasteiger charge is -2.35. The molecule has 8 atom stereocenters. The zero-order valence-corrected chi connectivity index (χ0v) is 54.3. The smallest absolute Gasteiger partial charge is 0.329 e. The number of nitrogens with zero attached hydrogens (tertiary/aromatic N) is 6. The summed E-state index contributed by atoms with van der Waals surface area (Å²) in [7, 11) is -2.51. The van der Waals surface area contributed by atoms with Crippen LogP contribution < -0.4 is 0 Å². The van der Waals surface area contributed by atoms with E-state index in [0.717, 1.165) is 19.6 Å². The molecule has 0 saturated carbocycles. The van der Waals surface area contributed by atoms with Gasteiger partial charge >= 0.3 is 23.9 Å². The van der Waals surface area contributed by atoms with Gasteiger partial charge < -0.3 is 38.5 Å². The molecular weight excluding hydrogens is 1120 g/mol. The molecule has 2 aromatic carbocycles. The average molecular weight is 1220 g/mol. The molecule has 1 aliphatic rings. The molecule has 1 saturated heterocycles. The number of carbonyl (C=O) groups is 8. The summed E-state index contributed by atoms with van der Waals surface area (Å²) in [6.45, 7) is 24.7. The lowest BCUT2D eigenvalue weighted by Crippen LogP contribution is -2.55. The summed E-state index contributed by atoms with van der Waals surface area (Å²) in [5, 5.41) is 0. The SMILES string of the molecule is CCN(CC)S(=O)(=O)c1ccc(C[C@H]2OC(=O)[C@H](CC(C)C)N(C)C(=O)[C@@H](C)OC(=O)[C@H](CC(C)C)N(C)C(=O)[C@@H](Cc3ccc(S(=O)(=O)N(CC)CC)cc3)OC(=O)[C@H](CC(C)C)N(C)C(=O)[C@@H](C)OC(=O)[C@H](CC(C)C)N(C)C2=O)cc1. The van der Waals surface area contributed by atoms with Crippen LogP contribution in [0, 0.1) is 23.7 Å². The third kappa shape index (κ3) is 19.0. The molecule has 1 heterocycles. The number of rotatable bonds is 20. The second-order valence-corrected chi connectivity index (χ2v) is 27.1. The van der Waals surface area contributed by atoms with Crippen molar-refractivity contribution >= 4 is 67.6 Å². The van der Waals surface area contributed by atoms with E-state index in [1.54, 1.807) is 83.1 Å². The normalized spacial score (nSPS) is 23.2. The molecule has 0 N–H and O–H groups in total. The second kappa shape index (κ2) is 32.0. The fourth-order valence-corrected chi connectivity index (χ4v) is 12.8. The van der Waals surface area contributed by atoms with Gasteiger partial charge in [-0.2, -0.15) is 8.61 Å². The van der Waals surface area contributed by atoms with Gasteiger partial charge in [-0.15, -0.1) is 0 Å². The van der Waals surface area contributed by atoms with Gasteiger partial charge in [0.25, 0.3) is 23.6 Å². The quantitative estimate of drug-likeness (QED) is 0.113. The van der Waals surface area contributed by atoms with Gasteiger partial charge in [-0.1, -0.05) is 107 Å². The highest BCUT2D eigenvalue weighted by molar-refractivity contribution is 7.89. The predicted octanol–water partition coefficient (Wildman–Crippen LogP) is 5.73. The summed E-state index contributed by atoms with van der Waals surface area (Å²) in [6, 6.07) is 5.87. The molecule has 22 nitrogen and oxygen atoms in total. The summed E-state index contributed by atoms with van der Waals surface area (Å²) in [6.07, 6.45) is -7.18. The molecule has 0 radical (unpaired) electrons. The molecule has 472 valence electrons. The van der Waals surface area contributed by atoms with E-state index in [9.17, 15) is 55.2 Å². The molecule has 0 unspecified atom stereocenters. The summed E-state index contributed by atoms with van der Waals surface area (Å²) < 4.78 is 80.2. The van der Waals surface area contributed by atoms with E-state index in [-0.39, 0.29) is 98.2 Å². The molecule has 0 aromatic heterocycles. The molecule has 4 amide bonds. The Labute approximate surface area is 499 Å². The van der Waals surface area contributed by atoms with Crippen LogP contribution in [0.2, 0.25) is 0 Å². The van der Waals surface area contributed by atoms with Crippen LogP contribution >= 0.6 is 0 Å². The molecule has 24 heteroatoms. The largest absolute Gasteiger partial charge is 0.451 e. The van der Waals surface area contributed by atoms with Crippen LogP contribution in [0.25, 0.3) is 0 Å². The van der Waals surface area contributed by atoms with Crippen LogP contribution in [0.1, 0.15) is 134 Å². The van der Waals surface area contributed by atoms with E-state index in [1.807, 2.05) is 0 Å². The van der Waals surface area contributed by atoms with Crippen molar-refractivity contribution in [3.8, 4) is 0 Å². The fourth-order valence-electron chi connectivity index (χ4n) is 9.93. The monoisotopic (exact) mass is 1220 g/mol. The van der Waals surface area contributed by atoms with Crippen LogP contribution in [-0.4, -0.2) is 196 Å². The van der Waals surface area contributed by atoms with Crippen molar-refractivity contribution in [1.29, 1.82) is 0 Å². The summed E-state index contributed by atoms with van der Waals surface area (Å²) >= 11 is 0. The van der Waals surface area contributed by atoms with E-state index < -0.39 is 116 Å². The van der Waals surface area contributed by atoms with Crippen molar-refractivity contribution in [2.75, 3.05) is 54.4 Å². The Balaban J connectivity index is 2.32. The van der Waals surface area contributed by atoms with Gasteiger partial charge in [-0.3, -0.25) is 19.2 Å². The Kier molecular flexibility index (Phi) is 27.5. The van der Waals surface area contributed by atoms with E-state index in [2.05, 4.69) is 0 Å². The number of amides is 4. The lowest BCUT2D eigenvalue weighted by molar-refractivity contribution is -0.176. The molecule has 3 rings (SSSR count). The maximum absolute atomic E-state index is 15.0. The number of hydrogen-bond donors (Lipinski definition) is 0. The van der Waals surface area contributed by atoms with E-state index in [0.29, 0.717) is 11.1 Å². The highest BCUT2D eigenvalue weighted by atomic mass is 32.2. The first kappa shape index (κ1) is 72.3. The maximum atomic E-state index is 15.0. The molecule has 1 fully saturated rings. The van der Waals surface area contributed by atoms with Crippen LogP contribution in [0.4, 0.5) is 0 Å². The van der Waals surface area contributed by atoms with Crippen molar-refractivity contribution in [2.24, 2.45) is 23.7 Å². The van der Waals surface area contributed by atoms with Crippen molar-refractivity contribution in [3.05, 3.63) is 59.7 Å². The van der Waals surface area contributed by atoms with Gasteiger partial charge in [0.15, 0.2) is 24.4 Å². The zero-order chi connectivity index (χ0) is 63.9. The minimum Gasteiger partial charge on any atom is -0.451 e. The number of carbonyl (C=O) groups excluding carboxylic acids is 8. The molecule has 2 aromatic rings. The maximum Gasteiger partial charge on any atom is 0.329 e. The van der Waals surface area contributed by atoms with Crippen LogP contribution in [0.3, 0.4) is 0 Å². The van der Waals surface area contributed by atoms with Gasteiger partial charge in [0.05, 0.1) is 9.79 Å². The third-order valence-corrected chi connectivity index (χ3v) is 19.0. The van der Waals surface area contributed by atoms with Crippen molar-refractivity contribution in [1.82, 2.24) is 28.2 Å². The number of hydrogen-bond acceptors (Lipinski definition) is 16. The highest BCUT2D eigenvalue weighted by Crippen LogP contribution is 2.26. The minimum absolute atomic E-state index is 0.00111. The Morgan fingerprint density at radius 2 is 0.619 bits per heavy atom. The van der Waals surface area contributed by atoms with Crippen LogP contribution in [-0.2, 0) is 90.2 Å². The lowest BCUT2D eigenvalue weighted by atomic mass is 10.00. The van der Waals surface area contributed by atoms with E-state index in [1.165, 1.54) is 99.2 Å². The van der Waals surface area contributed by atoms with Gasteiger partial charge in [0.1, 0.15) is 24.2 Å². The van der Waals surface area contributed by atoms with Gasteiger partial charge in [0.2, 0.25) is 20.0 Å². The summed E-state index contributed by atoms with van der Waals surface area (Å²) in [5.41, 5.74) is 0.740. The Morgan fingerprint density at radius 3 is 0.845 bits per heavy atom. The van der Waals surface area contributed by atoms with Crippen LogP contribution in [0.5, 0.6) is 0 Å². The number of cyclic esters (lactones) is 4. The van der Waals surface area contributed by atoms with Gasteiger partial charge in [-0.05, 0) is 98.6 Å².